The Morgan fingerprint density at radius 3 is 1.90 bits per heavy atom. The normalized spacial score (nSPS) is 16.8. The second kappa shape index (κ2) is 6.43. The fourth-order valence-electron chi connectivity index (χ4n) is 1.51. The molecule has 0 N–H and O–H groups in total. The minimum absolute atomic E-state index is 0.0665. The van der Waals surface area contributed by atoms with E-state index in [9.17, 15) is 9.59 Å². The van der Waals surface area contributed by atoms with Crippen molar-refractivity contribution in [1.29, 1.82) is 0 Å². The molecular formula is C9H10N4O3S4. The van der Waals surface area contributed by atoms with Gasteiger partial charge < -0.3 is 4.74 Å². The van der Waals surface area contributed by atoms with Gasteiger partial charge >= 0.3 is 9.75 Å². The number of hydrogen-bond donors (Lipinski definition) is 0. The van der Waals surface area contributed by atoms with E-state index in [1.807, 2.05) is 0 Å². The molecule has 3 heterocycles. The third-order valence-electron chi connectivity index (χ3n) is 2.44. The molecular weight excluding hydrogens is 340 g/mol. The van der Waals surface area contributed by atoms with Crippen molar-refractivity contribution in [3.05, 3.63) is 19.3 Å². The van der Waals surface area contributed by atoms with E-state index in [4.69, 9.17) is 4.74 Å². The number of fused-ring (bicyclic) bond motifs is 4. The Morgan fingerprint density at radius 2 is 1.40 bits per heavy atom. The Bertz CT molecular complexity index is 644. The molecule has 20 heavy (non-hydrogen) atoms. The van der Waals surface area contributed by atoms with Crippen molar-refractivity contribution < 1.29 is 4.74 Å². The van der Waals surface area contributed by atoms with Crippen molar-refractivity contribution in [2.75, 3.05) is 18.3 Å². The smallest absolute Gasteiger partial charge is 0.325 e. The lowest BCUT2D eigenvalue weighted by Crippen LogP contribution is -2.21. The van der Waals surface area contributed by atoms with Crippen LogP contribution in [0.3, 0.4) is 0 Å². The number of ether oxygens (including phenoxy) is 1. The van der Waals surface area contributed by atoms with Crippen molar-refractivity contribution in [1.82, 2.24) is 19.6 Å². The van der Waals surface area contributed by atoms with E-state index in [0.29, 0.717) is 31.4 Å². The minimum Gasteiger partial charge on any atom is -0.378 e. The largest absolute Gasteiger partial charge is 0.378 e. The van der Waals surface area contributed by atoms with Crippen LogP contribution in [0.1, 0.15) is 0 Å². The fraction of sp³-hybridized carbons (Fsp3) is 0.556. The first-order valence-corrected chi connectivity index (χ1v) is 9.32. The average Bonchev–Trinajstić information content (AvgIpc) is 2.93. The topological polar surface area (TPSA) is 79.0 Å². The summed E-state index contributed by atoms with van der Waals surface area (Å²) in [5.41, 5.74) is 0. The molecule has 0 fully saturated rings. The lowest BCUT2D eigenvalue weighted by Gasteiger charge is -2.04. The molecule has 7 nitrogen and oxygen atoms in total. The van der Waals surface area contributed by atoms with Gasteiger partial charge in [-0.3, -0.25) is 9.59 Å². The first-order chi connectivity index (χ1) is 9.72. The van der Waals surface area contributed by atoms with Crippen molar-refractivity contribution in [3.8, 4) is 0 Å². The standard InChI is InChI=1S/C9H10N4O3S4/c14-8-12-1-3-16-4-2-13-9(15)20-7(11-13)18-5-17-6(10-12)19-8/h1-5H2. The monoisotopic (exact) mass is 350 g/mol. The molecule has 0 aromatic carbocycles. The number of rotatable bonds is 0. The number of thioether (sulfide) groups is 2. The summed E-state index contributed by atoms with van der Waals surface area (Å²) < 4.78 is 9.73. The second-order valence-electron chi connectivity index (χ2n) is 3.73. The minimum atomic E-state index is -0.0665. The Labute approximate surface area is 130 Å². The van der Waals surface area contributed by atoms with Gasteiger partial charge in [0, 0.05) is 0 Å². The van der Waals surface area contributed by atoms with Crippen LogP contribution in [0, 0.1) is 0 Å². The van der Waals surface area contributed by atoms with Gasteiger partial charge in [0.1, 0.15) is 0 Å². The van der Waals surface area contributed by atoms with Crippen molar-refractivity contribution >= 4 is 46.2 Å². The van der Waals surface area contributed by atoms with Crippen molar-refractivity contribution in [2.45, 2.75) is 21.8 Å². The second-order valence-corrected chi connectivity index (χ2v) is 8.42. The van der Waals surface area contributed by atoms with Crippen LogP contribution in [0.4, 0.5) is 0 Å². The van der Waals surface area contributed by atoms with E-state index in [1.54, 1.807) is 0 Å². The summed E-state index contributed by atoms with van der Waals surface area (Å²) in [7, 11) is 0. The Balaban J connectivity index is 1.79. The third kappa shape index (κ3) is 3.34. The summed E-state index contributed by atoms with van der Waals surface area (Å²) in [6, 6.07) is 0. The quantitative estimate of drug-likeness (QED) is 0.695. The molecule has 2 aromatic heterocycles. The molecule has 0 amide bonds. The van der Waals surface area contributed by atoms with E-state index in [0.717, 1.165) is 31.4 Å². The molecule has 0 saturated heterocycles. The molecule has 0 radical (unpaired) electrons. The number of aromatic nitrogens is 4. The van der Waals surface area contributed by atoms with Crippen LogP contribution in [0.2, 0.25) is 0 Å². The third-order valence-corrected chi connectivity index (χ3v) is 6.53. The summed E-state index contributed by atoms with van der Waals surface area (Å²) >= 11 is 5.23. The molecule has 1 aliphatic heterocycles. The van der Waals surface area contributed by atoms with Gasteiger partial charge in [-0.15, -0.1) is 0 Å². The van der Waals surface area contributed by atoms with Gasteiger partial charge in [-0.05, 0) is 22.7 Å². The predicted molar refractivity (Wildman–Crippen MR) is 80.1 cm³/mol. The van der Waals surface area contributed by atoms with E-state index in [-0.39, 0.29) is 9.75 Å². The highest BCUT2D eigenvalue weighted by Crippen LogP contribution is 2.27. The SMILES string of the molecule is O=c1sc2nn1CCOCCn1nc(sc1=O)SCS2. The van der Waals surface area contributed by atoms with E-state index >= 15 is 0 Å². The molecule has 108 valence electrons. The molecule has 0 atom stereocenters. The Hall–Kier alpha value is -0.620. The summed E-state index contributed by atoms with van der Waals surface area (Å²) in [5, 5.41) is 9.16. The number of nitrogens with zero attached hydrogens (tertiary/aromatic N) is 4. The molecule has 2 aromatic rings. The van der Waals surface area contributed by atoms with Crippen LogP contribution in [-0.4, -0.2) is 37.9 Å². The zero-order valence-corrected chi connectivity index (χ0v) is 13.4. The molecule has 11 heteroatoms. The van der Waals surface area contributed by atoms with Crippen molar-refractivity contribution in [3.63, 3.8) is 0 Å². The molecule has 0 spiro atoms. The molecule has 3 rings (SSSR count). The van der Waals surface area contributed by atoms with E-state index in [2.05, 4.69) is 10.2 Å². The summed E-state index contributed by atoms with van der Waals surface area (Å²) in [6.07, 6.45) is 0. The zero-order valence-electron chi connectivity index (χ0n) is 10.2. The lowest BCUT2D eigenvalue weighted by molar-refractivity contribution is 0.112. The Kier molecular flexibility index (Phi) is 4.61. The average molecular weight is 350 g/mol. The predicted octanol–water partition coefficient (Wildman–Crippen LogP) is 0.795. The van der Waals surface area contributed by atoms with Gasteiger partial charge in [0.05, 0.1) is 31.4 Å². The molecule has 0 unspecified atom stereocenters. The highest BCUT2D eigenvalue weighted by molar-refractivity contribution is 8.17. The van der Waals surface area contributed by atoms with Gasteiger partial charge in [0.25, 0.3) is 0 Å². The van der Waals surface area contributed by atoms with E-state index in [1.165, 1.54) is 32.9 Å². The molecule has 0 saturated carbocycles. The van der Waals surface area contributed by atoms with Gasteiger partial charge in [0.2, 0.25) is 0 Å². The summed E-state index contributed by atoms with van der Waals surface area (Å²) in [5.74, 6) is 0. The molecule has 4 bridgehead atoms. The number of hydrogen-bond acceptors (Lipinski definition) is 9. The summed E-state index contributed by atoms with van der Waals surface area (Å²) in [6.45, 7) is 1.66. The lowest BCUT2D eigenvalue weighted by atomic mass is 10.6. The van der Waals surface area contributed by atoms with Gasteiger partial charge in [-0.1, -0.05) is 23.5 Å². The maximum Gasteiger partial charge on any atom is 0.325 e. The highest BCUT2D eigenvalue weighted by Gasteiger charge is 2.11. The molecule has 1 aliphatic rings. The first-order valence-electron chi connectivity index (χ1n) is 5.71. The van der Waals surface area contributed by atoms with Gasteiger partial charge in [-0.25, -0.2) is 9.36 Å². The maximum atomic E-state index is 11.7. The van der Waals surface area contributed by atoms with Crippen LogP contribution in [0.15, 0.2) is 18.3 Å². The fourth-order valence-corrected chi connectivity index (χ4v) is 5.68. The summed E-state index contributed by atoms with van der Waals surface area (Å²) in [4.78, 5) is 23.2. The van der Waals surface area contributed by atoms with Crippen molar-refractivity contribution in [2.24, 2.45) is 0 Å². The highest BCUT2D eigenvalue weighted by atomic mass is 32.2. The van der Waals surface area contributed by atoms with Crippen LogP contribution >= 0.6 is 46.2 Å². The molecule has 0 aliphatic carbocycles. The van der Waals surface area contributed by atoms with Crippen LogP contribution < -0.4 is 9.75 Å². The van der Waals surface area contributed by atoms with E-state index < -0.39 is 0 Å². The van der Waals surface area contributed by atoms with Crippen LogP contribution in [-0.2, 0) is 17.8 Å². The van der Waals surface area contributed by atoms with Gasteiger partial charge in [0.15, 0.2) is 8.68 Å². The maximum absolute atomic E-state index is 11.7. The zero-order chi connectivity index (χ0) is 13.9. The Morgan fingerprint density at radius 1 is 0.900 bits per heavy atom. The van der Waals surface area contributed by atoms with Crippen LogP contribution in [0.25, 0.3) is 0 Å². The first kappa shape index (κ1) is 14.3. The van der Waals surface area contributed by atoms with Crippen LogP contribution in [0.5, 0.6) is 0 Å². The van der Waals surface area contributed by atoms with Gasteiger partial charge in [-0.2, -0.15) is 10.2 Å².